The Morgan fingerprint density at radius 3 is 2.81 bits per heavy atom. The fourth-order valence-electron chi connectivity index (χ4n) is 1.41. The van der Waals surface area contributed by atoms with Crippen molar-refractivity contribution in [1.29, 1.82) is 0 Å². The van der Waals surface area contributed by atoms with E-state index < -0.39 is 0 Å². The zero-order valence-corrected chi connectivity index (χ0v) is 12.3. The summed E-state index contributed by atoms with van der Waals surface area (Å²) in [7, 11) is 0. The maximum absolute atomic E-state index is 11.8. The second-order valence-electron chi connectivity index (χ2n) is 3.80. The standard InChI is InChI=1S/C12H15ClINO/c1-3-4-8(2)12(16)15-11-6-5-9(14)7-10(11)13/h5-8H,3-4H2,1-2H3,(H,15,16). The van der Waals surface area contributed by atoms with Crippen LogP contribution in [0.15, 0.2) is 18.2 Å². The van der Waals surface area contributed by atoms with Crippen LogP contribution in [0.25, 0.3) is 0 Å². The number of benzene rings is 1. The lowest BCUT2D eigenvalue weighted by molar-refractivity contribution is -0.119. The maximum Gasteiger partial charge on any atom is 0.227 e. The van der Waals surface area contributed by atoms with Gasteiger partial charge >= 0.3 is 0 Å². The van der Waals surface area contributed by atoms with Crippen molar-refractivity contribution in [3.8, 4) is 0 Å². The monoisotopic (exact) mass is 351 g/mol. The summed E-state index contributed by atoms with van der Waals surface area (Å²) in [6.07, 6.45) is 1.91. The normalized spacial score (nSPS) is 12.2. The quantitative estimate of drug-likeness (QED) is 0.804. The molecule has 0 fully saturated rings. The van der Waals surface area contributed by atoms with Crippen LogP contribution >= 0.6 is 34.2 Å². The molecule has 1 atom stereocenters. The first kappa shape index (κ1) is 13.8. The first-order valence-corrected chi connectivity index (χ1v) is 6.76. The van der Waals surface area contributed by atoms with Gasteiger partial charge in [0.25, 0.3) is 0 Å². The number of hydrogen-bond acceptors (Lipinski definition) is 1. The van der Waals surface area contributed by atoms with E-state index >= 15 is 0 Å². The van der Waals surface area contributed by atoms with Gasteiger partial charge in [-0.1, -0.05) is 31.9 Å². The van der Waals surface area contributed by atoms with E-state index in [4.69, 9.17) is 11.6 Å². The average molecular weight is 352 g/mol. The molecule has 1 unspecified atom stereocenters. The molecule has 0 heterocycles. The van der Waals surface area contributed by atoms with Gasteiger partial charge in [0.15, 0.2) is 0 Å². The van der Waals surface area contributed by atoms with Gasteiger partial charge in [-0.25, -0.2) is 0 Å². The maximum atomic E-state index is 11.8. The van der Waals surface area contributed by atoms with Crippen LogP contribution in [0.4, 0.5) is 5.69 Å². The molecule has 0 aliphatic carbocycles. The molecule has 88 valence electrons. The second-order valence-corrected chi connectivity index (χ2v) is 5.46. The number of amides is 1. The highest BCUT2D eigenvalue weighted by molar-refractivity contribution is 14.1. The van der Waals surface area contributed by atoms with Gasteiger partial charge in [0.2, 0.25) is 5.91 Å². The minimum absolute atomic E-state index is 0.0281. The fraction of sp³-hybridized carbons (Fsp3) is 0.417. The van der Waals surface area contributed by atoms with Gasteiger partial charge in [-0.15, -0.1) is 0 Å². The number of carbonyl (C=O) groups is 1. The Morgan fingerprint density at radius 1 is 1.56 bits per heavy atom. The molecule has 4 heteroatoms. The molecule has 0 spiro atoms. The lowest BCUT2D eigenvalue weighted by Gasteiger charge is -2.12. The van der Waals surface area contributed by atoms with E-state index in [-0.39, 0.29) is 11.8 Å². The van der Waals surface area contributed by atoms with Gasteiger partial charge in [0, 0.05) is 9.49 Å². The van der Waals surface area contributed by atoms with Crippen molar-refractivity contribution < 1.29 is 4.79 Å². The molecule has 1 aromatic carbocycles. The molecule has 0 saturated heterocycles. The number of anilines is 1. The first-order valence-electron chi connectivity index (χ1n) is 5.30. The van der Waals surface area contributed by atoms with Crippen LogP contribution in [-0.4, -0.2) is 5.91 Å². The molecule has 0 aromatic heterocycles. The second kappa shape index (κ2) is 6.45. The zero-order chi connectivity index (χ0) is 12.1. The third-order valence-electron chi connectivity index (χ3n) is 2.36. The highest BCUT2D eigenvalue weighted by atomic mass is 127. The Morgan fingerprint density at radius 2 is 2.25 bits per heavy atom. The van der Waals surface area contributed by atoms with Crippen molar-refractivity contribution >= 4 is 45.8 Å². The summed E-state index contributed by atoms with van der Waals surface area (Å²) in [5, 5.41) is 3.43. The highest BCUT2D eigenvalue weighted by Crippen LogP contribution is 2.24. The Hall–Kier alpha value is -0.290. The number of nitrogens with one attached hydrogen (secondary N) is 1. The fourth-order valence-corrected chi connectivity index (χ4v) is 2.31. The van der Waals surface area contributed by atoms with E-state index in [0.717, 1.165) is 16.4 Å². The van der Waals surface area contributed by atoms with Crippen molar-refractivity contribution in [2.45, 2.75) is 26.7 Å². The molecule has 1 N–H and O–H groups in total. The predicted molar refractivity (Wildman–Crippen MR) is 76.9 cm³/mol. The van der Waals surface area contributed by atoms with Crippen molar-refractivity contribution in [2.75, 3.05) is 5.32 Å². The Kier molecular flexibility index (Phi) is 5.55. The van der Waals surface area contributed by atoms with Gasteiger partial charge in [-0.2, -0.15) is 0 Å². The highest BCUT2D eigenvalue weighted by Gasteiger charge is 2.13. The summed E-state index contributed by atoms with van der Waals surface area (Å²) in [5.41, 5.74) is 0.690. The molecule has 0 bridgehead atoms. The third kappa shape index (κ3) is 3.94. The van der Waals surface area contributed by atoms with Gasteiger partial charge < -0.3 is 5.32 Å². The molecule has 0 saturated carbocycles. The number of hydrogen-bond donors (Lipinski definition) is 1. The van der Waals surface area contributed by atoms with Gasteiger partial charge in [-0.05, 0) is 47.2 Å². The van der Waals surface area contributed by atoms with Crippen LogP contribution in [0.2, 0.25) is 5.02 Å². The van der Waals surface area contributed by atoms with Crippen molar-refractivity contribution in [2.24, 2.45) is 5.92 Å². The SMILES string of the molecule is CCCC(C)C(=O)Nc1ccc(I)cc1Cl. The minimum atomic E-state index is 0.0281. The summed E-state index contributed by atoms with van der Waals surface area (Å²) in [6, 6.07) is 5.59. The van der Waals surface area contributed by atoms with Crippen LogP contribution < -0.4 is 5.32 Å². The topological polar surface area (TPSA) is 29.1 Å². The molecular weight excluding hydrogens is 336 g/mol. The molecule has 0 aliphatic rings. The molecule has 0 radical (unpaired) electrons. The van der Waals surface area contributed by atoms with E-state index in [1.54, 1.807) is 0 Å². The Balaban J connectivity index is 2.69. The van der Waals surface area contributed by atoms with Gasteiger partial charge in [-0.3, -0.25) is 4.79 Å². The largest absolute Gasteiger partial charge is 0.325 e. The van der Waals surface area contributed by atoms with E-state index in [0.29, 0.717) is 10.7 Å². The van der Waals surface area contributed by atoms with Crippen LogP contribution in [0.5, 0.6) is 0 Å². The van der Waals surface area contributed by atoms with Crippen molar-refractivity contribution in [1.82, 2.24) is 0 Å². The predicted octanol–water partition coefficient (Wildman–Crippen LogP) is 4.32. The Bertz CT molecular complexity index is 381. The van der Waals surface area contributed by atoms with Crippen LogP contribution in [0.1, 0.15) is 26.7 Å². The number of rotatable bonds is 4. The van der Waals surface area contributed by atoms with Gasteiger partial charge in [0.1, 0.15) is 0 Å². The molecular formula is C12H15ClINO. The van der Waals surface area contributed by atoms with E-state index in [9.17, 15) is 4.79 Å². The molecule has 2 nitrogen and oxygen atoms in total. The minimum Gasteiger partial charge on any atom is -0.325 e. The van der Waals surface area contributed by atoms with E-state index in [1.807, 2.05) is 25.1 Å². The summed E-state index contributed by atoms with van der Waals surface area (Å²) in [5.74, 6) is 0.0605. The average Bonchev–Trinajstić information content (AvgIpc) is 2.22. The zero-order valence-electron chi connectivity index (χ0n) is 9.39. The van der Waals surface area contributed by atoms with Crippen molar-refractivity contribution in [3.63, 3.8) is 0 Å². The summed E-state index contributed by atoms with van der Waals surface area (Å²) < 4.78 is 1.06. The number of carbonyl (C=O) groups excluding carboxylic acids is 1. The van der Waals surface area contributed by atoms with Crippen molar-refractivity contribution in [3.05, 3.63) is 26.8 Å². The molecule has 1 amide bonds. The molecule has 1 rings (SSSR count). The molecule has 0 aliphatic heterocycles. The smallest absolute Gasteiger partial charge is 0.227 e. The van der Waals surface area contributed by atoms with Crippen LogP contribution in [0, 0.1) is 9.49 Å². The summed E-state index contributed by atoms with van der Waals surface area (Å²) in [6.45, 7) is 4.00. The van der Waals surface area contributed by atoms with Crippen LogP contribution in [0.3, 0.4) is 0 Å². The van der Waals surface area contributed by atoms with E-state index in [2.05, 4.69) is 34.8 Å². The van der Waals surface area contributed by atoms with E-state index in [1.165, 1.54) is 0 Å². The lowest BCUT2D eigenvalue weighted by atomic mass is 10.1. The Labute approximate surface area is 115 Å². The molecule has 1 aromatic rings. The molecule has 16 heavy (non-hydrogen) atoms. The van der Waals surface area contributed by atoms with Crippen LogP contribution in [-0.2, 0) is 4.79 Å². The number of halogens is 2. The first-order chi connectivity index (χ1) is 7.54. The lowest BCUT2D eigenvalue weighted by Crippen LogP contribution is -2.20. The summed E-state index contributed by atoms with van der Waals surface area (Å²) >= 11 is 8.22. The third-order valence-corrected chi connectivity index (χ3v) is 3.34. The van der Waals surface area contributed by atoms with Gasteiger partial charge in [0.05, 0.1) is 10.7 Å². The summed E-state index contributed by atoms with van der Waals surface area (Å²) in [4.78, 5) is 11.8.